The van der Waals surface area contributed by atoms with E-state index in [1.54, 1.807) is 0 Å². The van der Waals surface area contributed by atoms with Crippen molar-refractivity contribution in [3.05, 3.63) is 18.0 Å². The molecule has 1 heterocycles. The first-order chi connectivity index (χ1) is 5.90. The average molecular weight is 161 g/mol. The van der Waals surface area contributed by atoms with Gasteiger partial charge in [0.1, 0.15) is 0 Å². The van der Waals surface area contributed by atoms with Crippen LogP contribution < -0.4 is 0 Å². The Kier molecular flexibility index (Phi) is 1.83. The lowest BCUT2D eigenvalue weighted by atomic mass is 9.93. The molecule has 0 bridgehead atoms. The largest absolute Gasteiger partial charge is 0.269 e. The van der Waals surface area contributed by atoms with Gasteiger partial charge in [-0.2, -0.15) is 10.4 Å². The van der Waals surface area contributed by atoms with E-state index < -0.39 is 0 Å². The van der Waals surface area contributed by atoms with Gasteiger partial charge in [-0.25, -0.2) is 0 Å². The molecular formula is C9H11N3. The predicted molar refractivity (Wildman–Crippen MR) is 44.4 cm³/mol. The first-order valence-electron chi connectivity index (χ1n) is 4.31. The highest BCUT2D eigenvalue weighted by Crippen LogP contribution is 2.30. The zero-order valence-corrected chi connectivity index (χ0v) is 6.90. The van der Waals surface area contributed by atoms with Crippen LogP contribution in [0, 0.1) is 11.3 Å². The molecule has 3 nitrogen and oxygen atoms in total. The first kappa shape index (κ1) is 7.35. The molecule has 0 aromatic carbocycles. The molecular weight excluding hydrogens is 150 g/mol. The Bertz CT molecular complexity index is 304. The zero-order valence-electron chi connectivity index (χ0n) is 6.90. The van der Waals surface area contributed by atoms with E-state index in [1.807, 2.05) is 16.9 Å². The summed E-state index contributed by atoms with van der Waals surface area (Å²) in [5, 5.41) is 12.8. The van der Waals surface area contributed by atoms with Crippen molar-refractivity contribution in [2.24, 2.45) is 0 Å². The van der Waals surface area contributed by atoms with Crippen molar-refractivity contribution in [3.63, 3.8) is 0 Å². The van der Waals surface area contributed by atoms with E-state index in [-0.39, 0.29) is 0 Å². The highest BCUT2D eigenvalue weighted by atomic mass is 15.3. The van der Waals surface area contributed by atoms with Gasteiger partial charge in [0.2, 0.25) is 0 Å². The summed E-state index contributed by atoms with van der Waals surface area (Å²) in [6.45, 7) is 0. The van der Waals surface area contributed by atoms with Gasteiger partial charge in [0.25, 0.3) is 0 Å². The lowest BCUT2D eigenvalue weighted by Gasteiger charge is -2.25. The van der Waals surface area contributed by atoms with Crippen LogP contribution in [0.4, 0.5) is 0 Å². The van der Waals surface area contributed by atoms with Gasteiger partial charge in [0.15, 0.2) is 0 Å². The van der Waals surface area contributed by atoms with E-state index in [0.29, 0.717) is 12.5 Å². The van der Waals surface area contributed by atoms with Crippen LogP contribution in [0.1, 0.15) is 31.0 Å². The van der Waals surface area contributed by atoms with Gasteiger partial charge in [0.05, 0.1) is 24.2 Å². The molecule has 62 valence electrons. The van der Waals surface area contributed by atoms with E-state index in [2.05, 4.69) is 11.2 Å². The van der Waals surface area contributed by atoms with Crippen LogP contribution in [0.25, 0.3) is 0 Å². The summed E-state index contributed by atoms with van der Waals surface area (Å²) in [7, 11) is 0. The van der Waals surface area contributed by atoms with E-state index in [1.165, 1.54) is 19.3 Å². The van der Waals surface area contributed by atoms with Crippen LogP contribution in [0.5, 0.6) is 0 Å². The number of nitriles is 1. The number of hydrogen-bond acceptors (Lipinski definition) is 2. The monoisotopic (exact) mass is 161 g/mol. The second kappa shape index (κ2) is 2.98. The van der Waals surface area contributed by atoms with E-state index in [4.69, 9.17) is 5.26 Å². The second-order valence-corrected chi connectivity index (χ2v) is 3.21. The lowest BCUT2D eigenvalue weighted by Crippen LogP contribution is -2.17. The molecule has 1 saturated carbocycles. The molecule has 0 radical (unpaired) electrons. The fraction of sp³-hybridized carbons (Fsp3) is 0.556. The van der Waals surface area contributed by atoms with Crippen LogP contribution >= 0.6 is 0 Å². The molecule has 3 heteroatoms. The maximum absolute atomic E-state index is 8.44. The van der Waals surface area contributed by atoms with E-state index >= 15 is 0 Å². The molecule has 0 atom stereocenters. The second-order valence-electron chi connectivity index (χ2n) is 3.21. The van der Waals surface area contributed by atoms with Gasteiger partial charge < -0.3 is 0 Å². The molecule has 0 N–H and O–H groups in total. The fourth-order valence-corrected chi connectivity index (χ4v) is 1.41. The third kappa shape index (κ3) is 1.20. The standard InChI is InChI=1S/C9H11N3/c10-6-4-8-5-7-12(11-8)9-2-1-3-9/h5,7,9H,1-4H2. The third-order valence-electron chi connectivity index (χ3n) is 2.37. The Morgan fingerprint density at radius 2 is 2.50 bits per heavy atom. The molecule has 2 rings (SSSR count). The van der Waals surface area contributed by atoms with Crippen LogP contribution in [-0.4, -0.2) is 9.78 Å². The molecule has 1 fully saturated rings. The molecule has 0 amide bonds. The van der Waals surface area contributed by atoms with Gasteiger partial charge in [-0.3, -0.25) is 4.68 Å². The number of nitrogens with zero attached hydrogens (tertiary/aromatic N) is 3. The van der Waals surface area contributed by atoms with Crippen molar-refractivity contribution in [3.8, 4) is 6.07 Å². The van der Waals surface area contributed by atoms with Crippen molar-refractivity contribution in [2.45, 2.75) is 31.7 Å². The van der Waals surface area contributed by atoms with Gasteiger partial charge in [-0.1, -0.05) is 0 Å². The third-order valence-corrected chi connectivity index (χ3v) is 2.37. The van der Waals surface area contributed by atoms with Crippen LogP contribution in [0.3, 0.4) is 0 Å². The van der Waals surface area contributed by atoms with E-state index in [9.17, 15) is 0 Å². The van der Waals surface area contributed by atoms with Gasteiger partial charge >= 0.3 is 0 Å². The minimum Gasteiger partial charge on any atom is -0.269 e. The van der Waals surface area contributed by atoms with Crippen molar-refractivity contribution < 1.29 is 0 Å². The molecule has 0 aliphatic heterocycles. The van der Waals surface area contributed by atoms with Crippen LogP contribution in [0.15, 0.2) is 12.3 Å². The molecule has 1 aliphatic rings. The number of aromatic nitrogens is 2. The Balaban J connectivity index is 2.08. The predicted octanol–water partition coefficient (Wildman–Crippen LogP) is 1.67. The summed E-state index contributed by atoms with van der Waals surface area (Å²) >= 11 is 0. The molecule has 1 aromatic heterocycles. The molecule has 0 saturated heterocycles. The summed E-state index contributed by atoms with van der Waals surface area (Å²) < 4.78 is 2.00. The first-order valence-corrected chi connectivity index (χ1v) is 4.31. The smallest absolute Gasteiger partial charge is 0.0793 e. The quantitative estimate of drug-likeness (QED) is 0.662. The summed E-state index contributed by atoms with van der Waals surface area (Å²) in [6, 6.07) is 4.64. The minimum atomic E-state index is 0.430. The maximum atomic E-state index is 8.44. The number of hydrogen-bond donors (Lipinski definition) is 0. The van der Waals surface area contributed by atoms with Crippen LogP contribution in [0.2, 0.25) is 0 Å². The normalized spacial score (nSPS) is 16.9. The van der Waals surface area contributed by atoms with Gasteiger partial charge in [0, 0.05) is 6.20 Å². The molecule has 0 unspecified atom stereocenters. The molecule has 1 aromatic rings. The Morgan fingerprint density at radius 3 is 3.08 bits per heavy atom. The Morgan fingerprint density at radius 1 is 1.67 bits per heavy atom. The van der Waals surface area contributed by atoms with E-state index in [0.717, 1.165) is 5.69 Å². The Hall–Kier alpha value is -1.30. The maximum Gasteiger partial charge on any atom is 0.0793 e. The summed E-state index contributed by atoms with van der Waals surface area (Å²) in [5.74, 6) is 0. The average Bonchev–Trinajstić information content (AvgIpc) is 2.34. The Labute approximate surface area is 71.6 Å². The molecule has 1 aliphatic carbocycles. The van der Waals surface area contributed by atoms with Crippen LogP contribution in [-0.2, 0) is 6.42 Å². The summed E-state index contributed by atoms with van der Waals surface area (Å²) in [4.78, 5) is 0. The van der Waals surface area contributed by atoms with Gasteiger partial charge in [-0.05, 0) is 25.3 Å². The fourth-order valence-electron chi connectivity index (χ4n) is 1.41. The summed E-state index contributed by atoms with van der Waals surface area (Å²) in [5.41, 5.74) is 0.893. The van der Waals surface area contributed by atoms with Gasteiger partial charge in [-0.15, -0.1) is 0 Å². The van der Waals surface area contributed by atoms with Crippen molar-refractivity contribution >= 4 is 0 Å². The van der Waals surface area contributed by atoms with Crippen molar-refractivity contribution in [2.75, 3.05) is 0 Å². The van der Waals surface area contributed by atoms with Crippen molar-refractivity contribution in [1.29, 1.82) is 5.26 Å². The zero-order chi connectivity index (χ0) is 8.39. The highest BCUT2D eigenvalue weighted by molar-refractivity contribution is 5.05. The minimum absolute atomic E-state index is 0.430. The summed E-state index contributed by atoms with van der Waals surface area (Å²) in [6.07, 6.45) is 6.22. The topological polar surface area (TPSA) is 41.6 Å². The molecule has 12 heavy (non-hydrogen) atoms. The lowest BCUT2D eigenvalue weighted by molar-refractivity contribution is 0.288. The molecule has 0 spiro atoms. The number of rotatable bonds is 2. The SMILES string of the molecule is N#CCc1ccn(C2CCC2)n1. The van der Waals surface area contributed by atoms with Crippen molar-refractivity contribution in [1.82, 2.24) is 9.78 Å². The highest BCUT2D eigenvalue weighted by Gasteiger charge is 2.19.